The molecule has 4 rings (SSSR count). The fourth-order valence-corrected chi connectivity index (χ4v) is 3.99. The van der Waals surface area contributed by atoms with Gasteiger partial charge in [0.1, 0.15) is 0 Å². The van der Waals surface area contributed by atoms with Crippen molar-refractivity contribution in [3.8, 4) is 11.3 Å². The van der Waals surface area contributed by atoms with Crippen molar-refractivity contribution in [2.75, 3.05) is 19.6 Å². The molecule has 126 valence electrons. The molecule has 0 N–H and O–H groups in total. The Hall–Kier alpha value is -2.01. The maximum absolute atomic E-state index is 12.1. The molecule has 0 atom stereocenters. The van der Waals surface area contributed by atoms with E-state index in [0.717, 1.165) is 30.3 Å². The third-order valence-electron chi connectivity index (χ3n) is 5.28. The van der Waals surface area contributed by atoms with Gasteiger partial charge in [0.2, 0.25) is 0 Å². The van der Waals surface area contributed by atoms with Crippen LogP contribution in [0.15, 0.2) is 41.5 Å². The molecule has 3 heterocycles. The van der Waals surface area contributed by atoms with Crippen LogP contribution in [-0.2, 0) is 6.54 Å². The van der Waals surface area contributed by atoms with Crippen LogP contribution in [0.3, 0.4) is 0 Å². The summed E-state index contributed by atoms with van der Waals surface area (Å²) >= 11 is 0. The topological polar surface area (TPSA) is 51.0 Å². The molecule has 2 aliphatic rings. The quantitative estimate of drug-likeness (QED) is 0.847. The van der Waals surface area contributed by atoms with Gasteiger partial charge in [-0.1, -0.05) is 12.8 Å². The van der Waals surface area contributed by atoms with E-state index in [1.807, 2.05) is 12.1 Å². The van der Waals surface area contributed by atoms with Crippen molar-refractivity contribution >= 4 is 0 Å². The number of aromatic nitrogens is 3. The van der Waals surface area contributed by atoms with Gasteiger partial charge in [-0.2, -0.15) is 5.10 Å². The van der Waals surface area contributed by atoms with Crippen LogP contribution in [0.4, 0.5) is 0 Å². The second kappa shape index (κ2) is 6.85. The van der Waals surface area contributed by atoms with E-state index in [0.29, 0.717) is 12.5 Å². The van der Waals surface area contributed by atoms with Gasteiger partial charge in [0.25, 0.3) is 5.56 Å². The zero-order chi connectivity index (χ0) is 16.4. The van der Waals surface area contributed by atoms with E-state index in [4.69, 9.17) is 0 Å². The van der Waals surface area contributed by atoms with Crippen molar-refractivity contribution < 1.29 is 0 Å². The first-order chi connectivity index (χ1) is 11.8. The van der Waals surface area contributed by atoms with Gasteiger partial charge in [-0.05, 0) is 37.0 Å². The van der Waals surface area contributed by atoms with Crippen LogP contribution in [0.1, 0.15) is 25.7 Å². The third-order valence-corrected chi connectivity index (χ3v) is 5.28. The molecule has 0 radical (unpaired) electrons. The fraction of sp³-hybridized carbons (Fsp3) is 0.526. The van der Waals surface area contributed by atoms with Crippen molar-refractivity contribution in [2.24, 2.45) is 11.8 Å². The number of hydrogen-bond donors (Lipinski definition) is 0. The van der Waals surface area contributed by atoms with Gasteiger partial charge in [0, 0.05) is 49.6 Å². The number of nitrogens with zero attached hydrogens (tertiary/aromatic N) is 4. The van der Waals surface area contributed by atoms with Gasteiger partial charge < -0.3 is 4.90 Å². The Morgan fingerprint density at radius 3 is 2.62 bits per heavy atom. The van der Waals surface area contributed by atoms with E-state index in [1.165, 1.54) is 32.2 Å². The summed E-state index contributed by atoms with van der Waals surface area (Å²) in [5, 5.41) is 4.54. The Morgan fingerprint density at radius 1 is 1.04 bits per heavy atom. The molecule has 0 spiro atoms. The Balaban J connectivity index is 1.38. The standard InChI is InChI=1S/C19H24N4O/c24-19-8-7-18(17-6-3-9-20-10-17)21-23(19)14-16-12-22(13-16)11-15-4-1-2-5-15/h3,6-10,15-16H,1-2,4-5,11-14H2. The molecule has 2 aromatic heterocycles. The van der Waals surface area contributed by atoms with Gasteiger partial charge in [0.15, 0.2) is 0 Å². The Labute approximate surface area is 142 Å². The average molecular weight is 324 g/mol. The first kappa shape index (κ1) is 15.5. The number of likely N-dealkylation sites (tertiary alicyclic amines) is 1. The van der Waals surface area contributed by atoms with Gasteiger partial charge in [-0.3, -0.25) is 9.78 Å². The number of rotatable bonds is 5. The van der Waals surface area contributed by atoms with Crippen LogP contribution >= 0.6 is 0 Å². The van der Waals surface area contributed by atoms with Gasteiger partial charge in [-0.25, -0.2) is 4.68 Å². The summed E-state index contributed by atoms with van der Waals surface area (Å²) in [5.74, 6) is 1.45. The summed E-state index contributed by atoms with van der Waals surface area (Å²) in [7, 11) is 0. The maximum Gasteiger partial charge on any atom is 0.266 e. The molecule has 5 heteroatoms. The molecule has 2 fully saturated rings. The lowest BCUT2D eigenvalue weighted by Gasteiger charge is -2.40. The van der Waals surface area contributed by atoms with E-state index in [2.05, 4.69) is 15.0 Å². The predicted molar refractivity (Wildman–Crippen MR) is 93.6 cm³/mol. The van der Waals surface area contributed by atoms with Crippen molar-refractivity contribution in [3.05, 3.63) is 47.0 Å². The smallest absolute Gasteiger partial charge is 0.266 e. The van der Waals surface area contributed by atoms with E-state index >= 15 is 0 Å². The summed E-state index contributed by atoms with van der Waals surface area (Å²) in [6, 6.07) is 7.25. The van der Waals surface area contributed by atoms with Crippen molar-refractivity contribution in [3.63, 3.8) is 0 Å². The minimum Gasteiger partial charge on any atom is -0.302 e. The lowest BCUT2D eigenvalue weighted by molar-refractivity contribution is 0.0683. The van der Waals surface area contributed by atoms with Crippen molar-refractivity contribution in [1.82, 2.24) is 19.7 Å². The normalized spacial score (nSPS) is 19.5. The van der Waals surface area contributed by atoms with Crippen LogP contribution in [-0.4, -0.2) is 39.3 Å². The van der Waals surface area contributed by atoms with E-state index < -0.39 is 0 Å². The van der Waals surface area contributed by atoms with E-state index in [-0.39, 0.29) is 5.56 Å². The maximum atomic E-state index is 12.1. The average Bonchev–Trinajstić information content (AvgIpc) is 3.08. The number of hydrogen-bond acceptors (Lipinski definition) is 4. The molecule has 2 aromatic rings. The summed E-state index contributed by atoms with van der Waals surface area (Å²) in [4.78, 5) is 18.8. The summed E-state index contributed by atoms with van der Waals surface area (Å²) in [6.07, 6.45) is 9.13. The van der Waals surface area contributed by atoms with E-state index in [9.17, 15) is 4.79 Å². The largest absolute Gasteiger partial charge is 0.302 e. The first-order valence-corrected chi connectivity index (χ1v) is 8.99. The summed E-state index contributed by atoms with van der Waals surface area (Å²) in [6.45, 7) is 4.16. The highest BCUT2D eigenvalue weighted by Gasteiger charge is 2.30. The number of pyridine rings is 1. The van der Waals surface area contributed by atoms with Gasteiger partial charge in [0.05, 0.1) is 12.2 Å². The Morgan fingerprint density at radius 2 is 1.88 bits per heavy atom. The monoisotopic (exact) mass is 324 g/mol. The van der Waals surface area contributed by atoms with Crippen LogP contribution in [0.5, 0.6) is 0 Å². The highest BCUT2D eigenvalue weighted by Crippen LogP contribution is 2.28. The zero-order valence-electron chi connectivity index (χ0n) is 14.0. The fourth-order valence-electron chi connectivity index (χ4n) is 3.99. The highest BCUT2D eigenvalue weighted by molar-refractivity contribution is 5.56. The molecule has 0 amide bonds. The molecule has 1 saturated heterocycles. The molecule has 0 aromatic carbocycles. The molecule has 1 saturated carbocycles. The van der Waals surface area contributed by atoms with Crippen LogP contribution in [0.2, 0.25) is 0 Å². The van der Waals surface area contributed by atoms with Crippen molar-refractivity contribution in [1.29, 1.82) is 0 Å². The minimum absolute atomic E-state index is 0.0168. The Kier molecular flexibility index (Phi) is 4.43. The minimum atomic E-state index is -0.0168. The SMILES string of the molecule is O=c1ccc(-c2cccnc2)nn1CC1CN(CC2CCCC2)C1. The molecule has 5 nitrogen and oxygen atoms in total. The molecule has 0 unspecified atom stereocenters. The summed E-state index contributed by atoms with van der Waals surface area (Å²) in [5.41, 5.74) is 1.74. The van der Waals surface area contributed by atoms with Crippen molar-refractivity contribution in [2.45, 2.75) is 32.2 Å². The van der Waals surface area contributed by atoms with Crippen LogP contribution < -0.4 is 5.56 Å². The third kappa shape index (κ3) is 3.41. The second-order valence-electron chi connectivity index (χ2n) is 7.22. The second-order valence-corrected chi connectivity index (χ2v) is 7.22. The van der Waals surface area contributed by atoms with Gasteiger partial charge >= 0.3 is 0 Å². The molecule has 1 aliphatic heterocycles. The zero-order valence-corrected chi connectivity index (χ0v) is 14.0. The molecule has 0 bridgehead atoms. The molecule has 1 aliphatic carbocycles. The molecule has 24 heavy (non-hydrogen) atoms. The highest BCUT2D eigenvalue weighted by atomic mass is 16.1. The summed E-state index contributed by atoms with van der Waals surface area (Å²) < 4.78 is 1.62. The van der Waals surface area contributed by atoms with Crippen LogP contribution in [0, 0.1) is 11.8 Å². The lowest BCUT2D eigenvalue weighted by Crippen LogP contribution is -2.50. The van der Waals surface area contributed by atoms with Gasteiger partial charge in [-0.15, -0.1) is 0 Å². The molecular formula is C19H24N4O. The first-order valence-electron chi connectivity index (χ1n) is 8.99. The van der Waals surface area contributed by atoms with Crippen LogP contribution in [0.25, 0.3) is 11.3 Å². The predicted octanol–water partition coefficient (Wildman–Crippen LogP) is 2.43. The Bertz CT molecular complexity index is 731. The lowest BCUT2D eigenvalue weighted by atomic mass is 9.97. The van der Waals surface area contributed by atoms with E-state index in [1.54, 1.807) is 29.2 Å². The molecular weight excluding hydrogens is 300 g/mol.